The van der Waals surface area contributed by atoms with Gasteiger partial charge in [0.15, 0.2) is 0 Å². The highest BCUT2D eigenvalue weighted by atomic mass is 16.5. The molecule has 0 saturated carbocycles. The van der Waals surface area contributed by atoms with Crippen LogP contribution in [0.3, 0.4) is 0 Å². The molecule has 1 fully saturated rings. The van der Waals surface area contributed by atoms with Crippen molar-refractivity contribution in [2.75, 3.05) is 13.2 Å². The van der Waals surface area contributed by atoms with Crippen LogP contribution in [-0.2, 0) is 9.53 Å². The quantitative estimate of drug-likeness (QED) is 0.764. The Bertz CT molecular complexity index is 295. The summed E-state index contributed by atoms with van der Waals surface area (Å²) in [6, 6.07) is -1.19. The number of carbonyl (C=O) groups is 2. The molecule has 6 nitrogen and oxygen atoms in total. The topological polar surface area (TPSA) is 78.9 Å². The van der Waals surface area contributed by atoms with Gasteiger partial charge in [-0.05, 0) is 20.3 Å². The molecular weight excluding hydrogens is 224 g/mol. The molecular formula is C11H20N2O4. The summed E-state index contributed by atoms with van der Waals surface area (Å²) in [5.74, 6) is -1.00. The van der Waals surface area contributed by atoms with Crippen LogP contribution in [0.15, 0.2) is 0 Å². The Morgan fingerprint density at radius 3 is 2.71 bits per heavy atom. The van der Waals surface area contributed by atoms with Gasteiger partial charge in [0.05, 0.1) is 18.8 Å². The van der Waals surface area contributed by atoms with Crippen molar-refractivity contribution in [3.63, 3.8) is 0 Å². The van der Waals surface area contributed by atoms with Gasteiger partial charge in [0.25, 0.3) is 0 Å². The van der Waals surface area contributed by atoms with Crippen molar-refractivity contribution in [1.29, 1.82) is 0 Å². The highest BCUT2D eigenvalue weighted by Crippen LogP contribution is 2.11. The third-order valence-corrected chi connectivity index (χ3v) is 2.87. The van der Waals surface area contributed by atoms with Crippen molar-refractivity contribution in [2.24, 2.45) is 0 Å². The molecule has 1 aliphatic rings. The highest BCUT2D eigenvalue weighted by molar-refractivity contribution is 5.82. The monoisotopic (exact) mass is 244 g/mol. The van der Waals surface area contributed by atoms with E-state index in [1.54, 1.807) is 11.8 Å². The largest absolute Gasteiger partial charge is 0.480 e. The molecule has 0 spiro atoms. The first-order valence-electron chi connectivity index (χ1n) is 5.87. The van der Waals surface area contributed by atoms with E-state index in [4.69, 9.17) is 9.84 Å². The number of carboxylic acids is 1. The normalized spacial score (nSPS) is 26.4. The Morgan fingerprint density at radius 2 is 2.18 bits per heavy atom. The Balaban J connectivity index is 2.59. The second-order valence-electron chi connectivity index (χ2n) is 4.39. The van der Waals surface area contributed by atoms with Gasteiger partial charge in [-0.1, -0.05) is 6.92 Å². The third kappa shape index (κ3) is 3.59. The lowest BCUT2D eigenvalue weighted by molar-refractivity contribution is -0.139. The van der Waals surface area contributed by atoms with Crippen LogP contribution in [0, 0.1) is 0 Å². The highest BCUT2D eigenvalue weighted by Gasteiger charge is 2.29. The number of rotatable bonds is 3. The minimum absolute atomic E-state index is 0.0122. The predicted molar refractivity (Wildman–Crippen MR) is 61.8 cm³/mol. The standard InChI is InChI=1S/C11H20N2O4/c1-4-9(10(14)15)12-11(16)13-5-8(3)17-6-7(13)2/h7-9H,4-6H2,1-3H3,(H,12,16)(H,14,15). The summed E-state index contributed by atoms with van der Waals surface area (Å²) in [5.41, 5.74) is 0. The van der Waals surface area contributed by atoms with E-state index in [1.807, 2.05) is 13.8 Å². The van der Waals surface area contributed by atoms with Gasteiger partial charge < -0.3 is 20.1 Å². The van der Waals surface area contributed by atoms with Crippen molar-refractivity contribution < 1.29 is 19.4 Å². The number of amides is 2. The summed E-state index contributed by atoms with van der Waals surface area (Å²) >= 11 is 0. The van der Waals surface area contributed by atoms with E-state index in [9.17, 15) is 9.59 Å². The summed E-state index contributed by atoms with van der Waals surface area (Å²) in [7, 11) is 0. The van der Waals surface area contributed by atoms with Gasteiger partial charge >= 0.3 is 12.0 Å². The summed E-state index contributed by atoms with van der Waals surface area (Å²) in [6.45, 7) is 6.47. The zero-order valence-electron chi connectivity index (χ0n) is 10.5. The van der Waals surface area contributed by atoms with E-state index >= 15 is 0 Å². The van der Waals surface area contributed by atoms with Crippen molar-refractivity contribution >= 4 is 12.0 Å². The predicted octanol–water partition coefficient (Wildman–Crippen LogP) is 0.668. The van der Waals surface area contributed by atoms with Crippen molar-refractivity contribution in [1.82, 2.24) is 10.2 Å². The van der Waals surface area contributed by atoms with Crippen LogP contribution < -0.4 is 5.32 Å². The van der Waals surface area contributed by atoms with E-state index in [-0.39, 0.29) is 18.2 Å². The summed E-state index contributed by atoms with van der Waals surface area (Å²) < 4.78 is 5.41. The summed E-state index contributed by atoms with van der Waals surface area (Å²) in [4.78, 5) is 24.4. The van der Waals surface area contributed by atoms with E-state index in [2.05, 4.69) is 5.32 Å². The number of nitrogens with one attached hydrogen (secondary N) is 1. The van der Waals surface area contributed by atoms with Crippen LogP contribution in [0.5, 0.6) is 0 Å². The molecule has 0 aromatic carbocycles. The van der Waals surface area contributed by atoms with Gasteiger partial charge in [-0.2, -0.15) is 0 Å². The van der Waals surface area contributed by atoms with Gasteiger partial charge in [-0.3, -0.25) is 0 Å². The Morgan fingerprint density at radius 1 is 1.53 bits per heavy atom. The first-order chi connectivity index (χ1) is 7.95. The molecule has 2 amide bonds. The van der Waals surface area contributed by atoms with Crippen LogP contribution in [0.1, 0.15) is 27.2 Å². The maximum absolute atomic E-state index is 11.9. The van der Waals surface area contributed by atoms with E-state index in [0.29, 0.717) is 19.6 Å². The van der Waals surface area contributed by atoms with E-state index in [0.717, 1.165) is 0 Å². The number of carboxylic acid groups (broad SMARTS) is 1. The zero-order valence-corrected chi connectivity index (χ0v) is 10.5. The number of carbonyl (C=O) groups excluding carboxylic acids is 1. The molecule has 98 valence electrons. The van der Waals surface area contributed by atoms with Gasteiger partial charge in [-0.25, -0.2) is 9.59 Å². The third-order valence-electron chi connectivity index (χ3n) is 2.87. The number of urea groups is 1. The van der Waals surface area contributed by atoms with Gasteiger partial charge in [-0.15, -0.1) is 0 Å². The van der Waals surface area contributed by atoms with Crippen molar-refractivity contribution in [3.8, 4) is 0 Å². The zero-order chi connectivity index (χ0) is 13.0. The summed E-state index contributed by atoms with van der Waals surface area (Å²) in [6.07, 6.45) is 0.358. The van der Waals surface area contributed by atoms with Crippen LogP contribution in [-0.4, -0.2) is 53.3 Å². The molecule has 1 heterocycles. The van der Waals surface area contributed by atoms with Crippen molar-refractivity contribution in [3.05, 3.63) is 0 Å². The molecule has 3 unspecified atom stereocenters. The first kappa shape index (κ1) is 13.8. The van der Waals surface area contributed by atoms with Crippen LogP contribution in [0.25, 0.3) is 0 Å². The van der Waals surface area contributed by atoms with E-state index < -0.39 is 12.0 Å². The average Bonchev–Trinajstić information content (AvgIpc) is 2.28. The summed E-state index contributed by atoms with van der Waals surface area (Å²) in [5, 5.41) is 11.4. The number of morpholine rings is 1. The maximum Gasteiger partial charge on any atom is 0.326 e. The van der Waals surface area contributed by atoms with Gasteiger partial charge in [0, 0.05) is 6.54 Å². The average molecular weight is 244 g/mol. The Kier molecular flexibility index (Phi) is 4.74. The second kappa shape index (κ2) is 5.86. The Hall–Kier alpha value is -1.30. The molecule has 1 rings (SSSR count). The van der Waals surface area contributed by atoms with Crippen molar-refractivity contribution in [2.45, 2.75) is 45.4 Å². The van der Waals surface area contributed by atoms with Crippen LogP contribution >= 0.6 is 0 Å². The molecule has 0 aromatic rings. The fourth-order valence-electron chi connectivity index (χ4n) is 1.76. The SMILES string of the molecule is CCC(NC(=O)N1CC(C)OCC1C)C(=O)O. The number of hydrogen-bond acceptors (Lipinski definition) is 3. The second-order valence-corrected chi connectivity index (χ2v) is 4.39. The molecule has 3 atom stereocenters. The molecule has 0 radical (unpaired) electrons. The minimum atomic E-state index is -1.00. The van der Waals surface area contributed by atoms with E-state index in [1.165, 1.54) is 0 Å². The fourth-order valence-corrected chi connectivity index (χ4v) is 1.76. The molecule has 6 heteroatoms. The lowest BCUT2D eigenvalue weighted by Crippen LogP contribution is -2.56. The van der Waals surface area contributed by atoms with Gasteiger partial charge in [0.1, 0.15) is 6.04 Å². The number of hydrogen-bond donors (Lipinski definition) is 2. The number of nitrogens with zero attached hydrogens (tertiary/aromatic N) is 1. The molecule has 0 bridgehead atoms. The molecule has 1 saturated heterocycles. The van der Waals surface area contributed by atoms with Crippen LogP contribution in [0.2, 0.25) is 0 Å². The first-order valence-corrected chi connectivity index (χ1v) is 5.87. The van der Waals surface area contributed by atoms with Gasteiger partial charge in [0.2, 0.25) is 0 Å². The minimum Gasteiger partial charge on any atom is -0.480 e. The molecule has 0 aromatic heterocycles. The van der Waals surface area contributed by atoms with Crippen LogP contribution in [0.4, 0.5) is 4.79 Å². The lowest BCUT2D eigenvalue weighted by Gasteiger charge is -2.37. The smallest absolute Gasteiger partial charge is 0.326 e. The number of aliphatic carboxylic acids is 1. The molecule has 0 aliphatic carbocycles. The fraction of sp³-hybridized carbons (Fsp3) is 0.818. The number of ether oxygens (including phenoxy) is 1. The molecule has 17 heavy (non-hydrogen) atoms. The Labute approximate surface area is 101 Å². The maximum atomic E-state index is 11.9. The molecule has 2 N–H and O–H groups in total. The molecule has 1 aliphatic heterocycles. The lowest BCUT2D eigenvalue weighted by atomic mass is 10.2.